The number of carbonyl (C=O) groups is 1. The Balaban J connectivity index is 1.79. The molecule has 1 N–H and O–H groups in total. The summed E-state index contributed by atoms with van der Waals surface area (Å²) in [5.74, 6) is 0.0920. The highest BCUT2D eigenvalue weighted by atomic mass is 16.2. The van der Waals surface area contributed by atoms with Crippen LogP contribution in [0.1, 0.15) is 18.4 Å². The van der Waals surface area contributed by atoms with Gasteiger partial charge < -0.3 is 5.32 Å². The normalized spacial score (nSPS) is 13.7. The lowest BCUT2D eigenvalue weighted by molar-refractivity contribution is -0.121. The van der Waals surface area contributed by atoms with Crippen LogP contribution in [0.4, 0.5) is 0 Å². The lowest BCUT2D eigenvalue weighted by Gasteiger charge is -2.11. The Morgan fingerprint density at radius 2 is 1.93 bits per heavy atom. The standard InChI is InChI=1S/C19H19N5O3/c1-11-3-5-12(6-4-11)16-20-9-14-17(22-16)23(2)19(27)24(18(14)26)10-15(25)21-13-7-8-13/h3-6,9,13H,7-8,10H2,1-2H3,(H,21,25). The smallest absolute Gasteiger partial charge is 0.332 e. The molecule has 1 saturated carbocycles. The molecule has 2 heterocycles. The summed E-state index contributed by atoms with van der Waals surface area (Å²) in [4.78, 5) is 46.1. The van der Waals surface area contributed by atoms with E-state index < -0.39 is 11.2 Å². The van der Waals surface area contributed by atoms with E-state index in [9.17, 15) is 14.4 Å². The highest BCUT2D eigenvalue weighted by Gasteiger charge is 2.24. The quantitative estimate of drug-likeness (QED) is 0.735. The van der Waals surface area contributed by atoms with Gasteiger partial charge in [0.2, 0.25) is 5.91 Å². The van der Waals surface area contributed by atoms with Gasteiger partial charge in [0.05, 0.1) is 0 Å². The van der Waals surface area contributed by atoms with Crippen LogP contribution in [0.25, 0.3) is 22.4 Å². The molecule has 1 aliphatic carbocycles. The Morgan fingerprint density at radius 1 is 1.22 bits per heavy atom. The van der Waals surface area contributed by atoms with Crippen molar-refractivity contribution >= 4 is 16.9 Å². The van der Waals surface area contributed by atoms with E-state index in [0.29, 0.717) is 5.82 Å². The topological polar surface area (TPSA) is 98.9 Å². The fraction of sp³-hybridized carbons (Fsp3) is 0.316. The van der Waals surface area contributed by atoms with Crippen molar-refractivity contribution in [3.63, 3.8) is 0 Å². The third-order valence-electron chi connectivity index (χ3n) is 4.63. The summed E-state index contributed by atoms with van der Waals surface area (Å²) in [7, 11) is 1.53. The molecule has 0 atom stereocenters. The number of carbonyl (C=O) groups excluding carboxylic acids is 1. The fourth-order valence-electron chi connectivity index (χ4n) is 2.91. The zero-order valence-electron chi connectivity index (χ0n) is 15.1. The van der Waals surface area contributed by atoms with Crippen LogP contribution in [-0.2, 0) is 18.4 Å². The number of nitrogens with one attached hydrogen (secondary N) is 1. The number of hydrogen-bond donors (Lipinski definition) is 1. The molecule has 0 aliphatic heterocycles. The zero-order valence-corrected chi connectivity index (χ0v) is 15.1. The van der Waals surface area contributed by atoms with Crippen molar-refractivity contribution < 1.29 is 4.79 Å². The van der Waals surface area contributed by atoms with Crippen LogP contribution < -0.4 is 16.6 Å². The third-order valence-corrected chi connectivity index (χ3v) is 4.63. The van der Waals surface area contributed by atoms with Crippen LogP contribution in [-0.4, -0.2) is 31.1 Å². The average Bonchev–Trinajstić information content (AvgIpc) is 3.47. The van der Waals surface area contributed by atoms with E-state index >= 15 is 0 Å². The van der Waals surface area contributed by atoms with Crippen LogP contribution in [0.5, 0.6) is 0 Å². The molecule has 0 unspecified atom stereocenters. The van der Waals surface area contributed by atoms with Crippen molar-refractivity contribution in [3.8, 4) is 11.4 Å². The minimum atomic E-state index is -0.577. The second-order valence-corrected chi connectivity index (χ2v) is 6.87. The van der Waals surface area contributed by atoms with Crippen LogP contribution in [0.2, 0.25) is 0 Å². The van der Waals surface area contributed by atoms with E-state index in [2.05, 4.69) is 15.3 Å². The summed E-state index contributed by atoms with van der Waals surface area (Å²) < 4.78 is 2.20. The first-order valence-corrected chi connectivity index (χ1v) is 8.77. The van der Waals surface area contributed by atoms with Gasteiger partial charge in [0.25, 0.3) is 5.56 Å². The van der Waals surface area contributed by atoms with Gasteiger partial charge in [0, 0.05) is 24.8 Å². The van der Waals surface area contributed by atoms with Crippen LogP contribution in [0.3, 0.4) is 0 Å². The van der Waals surface area contributed by atoms with Gasteiger partial charge in [-0.15, -0.1) is 0 Å². The van der Waals surface area contributed by atoms with Gasteiger partial charge in [0.15, 0.2) is 11.5 Å². The largest absolute Gasteiger partial charge is 0.352 e. The zero-order chi connectivity index (χ0) is 19.1. The van der Waals surface area contributed by atoms with Gasteiger partial charge in [-0.25, -0.2) is 14.8 Å². The minimum Gasteiger partial charge on any atom is -0.352 e. The molecule has 1 amide bonds. The van der Waals surface area contributed by atoms with E-state index in [1.54, 1.807) is 0 Å². The fourth-order valence-corrected chi connectivity index (χ4v) is 2.91. The monoisotopic (exact) mass is 365 g/mol. The van der Waals surface area contributed by atoms with E-state index in [-0.39, 0.29) is 29.5 Å². The van der Waals surface area contributed by atoms with Crippen LogP contribution in [0, 0.1) is 6.92 Å². The van der Waals surface area contributed by atoms with Crippen molar-refractivity contribution in [2.75, 3.05) is 0 Å². The summed E-state index contributed by atoms with van der Waals surface area (Å²) in [6.45, 7) is 1.67. The number of hydrogen-bond acceptors (Lipinski definition) is 5. The van der Waals surface area contributed by atoms with Gasteiger partial charge in [-0.3, -0.25) is 18.7 Å². The molecule has 8 nitrogen and oxygen atoms in total. The second-order valence-electron chi connectivity index (χ2n) is 6.87. The second kappa shape index (κ2) is 6.46. The Hall–Kier alpha value is -3.29. The highest BCUT2D eigenvalue weighted by molar-refractivity contribution is 5.78. The lowest BCUT2D eigenvalue weighted by atomic mass is 10.1. The summed E-state index contributed by atoms with van der Waals surface area (Å²) in [5, 5.41) is 2.98. The van der Waals surface area contributed by atoms with Crippen molar-refractivity contribution in [1.82, 2.24) is 24.4 Å². The number of aryl methyl sites for hydroxylation is 2. The lowest BCUT2D eigenvalue weighted by Crippen LogP contribution is -2.43. The maximum absolute atomic E-state index is 12.7. The van der Waals surface area contributed by atoms with E-state index in [0.717, 1.165) is 28.5 Å². The van der Waals surface area contributed by atoms with Crippen LogP contribution in [0.15, 0.2) is 40.1 Å². The minimum absolute atomic E-state index is 0.165. The van der Waals surface area contributed by atoms with Crippen molar-refractivity contribution in [2.45, 2.75) is 32.4 Å². The van der Waals surface area contributed by atoms with Gasteiger partial charge >= 0.3 is 5.69 Å². The molecule has 2 aromatic heterocycles. The maximum atomic E-state index is 12.7. The van der Waals surface area contributed by atoms with Crippen molar-refractivity contribution in [1.29, 1.82) is 0 Å². The predicted molar refractivity (Wildman–Crippen MR) is 100 cm³/mol. The number of benzene rings is 1. The molecule has 0 spiro atoms. The number of aromatic nitrogens is 4. The first kappa shape index (κ1) is 17.1. The summed E-state index contributed by atoms with van der Waals surface area (Å²) in [5.41, 5.74) is 1.01. The average molecular weight is 365 g/mol. The molecular formula is C19H19N5O3. The Kier molecular flexibility index (Phi) is 4.10. The summed E-state index contributed by atoms with van der Waals surface area (Å²) in [6.07, 6.45) is 3.28. The van der Waals surface area contributed by atoms with Gasteiger partial charge in [0.1, 0.15) is 11.9 Å². The number of rotatable bonds is 4. The molecule has 0 saturated heterocycles. The van der Waals surface area contributed by atoms with E-state index in [4.69, 9.17) is 0 Å². The summed E-state index contributed by atoms with van der Waals surface area (Å²) >= 11 is 0. The Bertz CT molecular complexity index is 1160. The van der Waals surface area contributed by atoms with Crippen molar-refractivity contribution in [3.05, 3.63) is 56.9 Å². The molecular weight excluding hydrogens is 346 g/mol. The predicted octanol–water partition coefficient (Wildman–Crippen LogP) is 0.744. The molecule has 0 bridgehead atoms. The molecule has 0 radical (unpaired) electrons. The number of fused-ring (bicyclic) bond motifs is 1. The molecule has 1 fully saturated rings. The molecule has 8 heteroatoms. The van der Waals surface area contributed by atoms with Gasteiger partial charge in [-0.05, 0) is 19.8 Å². The van der Waals surface area contributed by atoms with E-state index in [1.165, 1.54) is 17.8 Å². The van der Waals surface area contributed by atoms with Gasteiger partial charge in [-0.1, -0.05) is 29.8 Å². The Labute approximate surface area is 154 Å². The molecule has 1 aromatic carbocycles. The number of nitrogens with zero attached hydrogens (tertiary/aromatic N) is 4. The van der Waals surface area contributed by atoms with Gasteiger partial charge in [-0.2, -0.15) is 0 Å². The first-order chi connectivity index (χ1) is 12.9. The maximum Gasteiger partial charge on any atom is 0.332 e. The first-order valence-electron chi connectivity index (χ1n) is 8.77. The Morgan fingerprint density at radius 3 is 2.59 bits per heavy atom. The third kappa shape index (κ3) is 3.25. The SMILES string of the molecule is Cc1ccc(-c2ncc3c(=O)n(CC(=O)NC4CC4)c(=O)n(C)c3n2)cc1. The van der Waals surface area contributed by atoms with Crippen molar-refractivity contribution in [2.24, 2.45) is 7.05 Å². The highest BCUT2D eigenvalue weighted by Crippen LogP contribution is 2.18. The molecule has 138 valence electrons. The number of amides is 1. The summed E-state index contributed by atoms with van der Waals surface area (Å²) in [6, 6.07) is 7.82. The molecule has 3 aromatic rings. The van der Waals surface area contributed by atoms with Crippen LogP contribution >= 0.6 is 0 Å². The van der Waals surface area contributed by atoms with E-state index in [1.807, 2.05) is 31.2 Å². The molecule has 27 heavy (non-hydrogen) atoms. The molecule has 1 aliphatic rings. The molecule has 4 rings (SSSR count).